The molecular weight excluding hydrogens is 339 g/mol. The fraction of sp³-hybridized carbons (Fsp3) is 0.125. The molecule has 2 rings (SSSR count). The molecule has 118 valence electrons. The maximum atomic E-state index is 9.59. The molecule has 0 fully saturated rings. The van der Waals surface area contributed by atoms with Crippen LogP contribution in [-0.2, 0) is 13.1 Å². The van der Waals surface area contributed by atoms with Crippen LogP contribution < -0.4 is 5.73 Å². The van der Waals surface area contributed by atoms with E-state index in [-0.39, 0.29) is 34.7 Å². The minimum absolute atomic E-state index is 0. The Bertz CT molecular complexity index is 552. The fourth-order valence-electron chi connectivity index (χ4n) is 1.80. The van der Waals surface area contributed by atoms with Crippen LogP contribution in [0.3, 0.4) is 0 Å². The number of hydrogen-bond donors (Lipinski definition) is 3. The molecule has 0 radical (unpaired) electrons. The molecule has 0 spiro atoms. The van der Waals surface area contributed by atoms with Gasteiger partial charge >= 0.3 is 29.6 Å². The molecule has 0 aliphatic rings. The molecule has 0 aromatic heterocycles. The third-order valence-corrected chi connectivity index (χ3v) is 2.96. The van der Waals surface area contributed by atoms with E-state index in [4.69, 9.17) is 17.3 Å². The third-order valence-electron chi connectivity index (χ3n) is 2.70. The number of benzene rings is 2. The SMILES string of the molecule is NC(O)=S.OC(=S)N(Cc1ccccc1)Cc1ccccc1.[NaH]. The average molecular weight is 358 g/mol. The summed E-state index contributed by atoms with van der Waals surface area (Å²) in [6, 6.07) is 20.0. The van der Waals surface area contributed by atoms with Gasteiger partial charge in [-0.3, -0.25) is 0 Å². The molecule has 0 saturated heterocycles. The van der Waals surface area contributed by atoms with Gasteiger partial charge in [-0.1, -0.05) is 60.7 Å². The molecular formula is C16H19N2NaO2S2. The molecule has 0 aliphatic heterocycles. The van der Waals surface area contributed by atoms with E-state index in [2.05, 4.69) is 18.0 Å². The van der Waals surface area contributed by atoms with Crippen molar-refractivity contribution in [2.24, 2.45) is 5.73 Å². The van der Waals surface area contributed by atoms with E-state index in [1.165, 1.54) is 0 Å². The van der Waals surface area contributed by atoms with Crippen molar-refractivity contribution in [3.8, 4) is 0 Å². The van der Waals surface area contributed by atoms with Gasteiger partial charge in [-0.2, -0.15) is 0 Å². The Morgan fingerprint density at radius 2 is 1.13 bits per heavy atom. The zero-order valence-corrected chi connectivity index (χ0v) is 13.6. The van der Waals surface area contributed by atoms with Crippen molar-refractivity contribution in [3.05, 3.63) is 71.8 Å². The van der Waals surface area contributed by atoms with Gasteiger partial charge in [0.05, 0.1) is 0 Å². The molecule has 0 bridgehead atoms. The van der Waals surface area contributed by atoms with E-state index in [1.807, 2.05) is 60.7 Å². The van der Waals surface area contributed by atoms with Crippen LogP contribution in [0.4, 0.5) is 0 Å². The Hall–Kier alpha value is -1.18. The number of nitrogens with two attached hydrogens (primary N) is 1. The summed E-state index contributed by atoms with van der Waals surface area (Å²) in [4.78, 5) is 1.78. The first-order valence-electron chi connectivity index (χ1n) is 6.53. The van der Waals surface area contributed by atoms with E-state index in [9.17, 15) is 5.11 Å². The second kappa shape index (κ2) is 12.3. The number of hydrogen-bond acceptors (Lipinski definition) is 2. The van der Waals surface area contributed by atoms with E-state index in [0.29, 0.717) is 13.1 Å². The standard InChI is InChI=1S/C15H15NOS.CH3NOS.Na.H/c17-15(18)16(11-13-7-3-1-4-8-13)12-14-9-5-2-6-10-14;2-1(3)4;;/h1-10H,11-12H2,(H,17,18);(H3,2,3,4);;. The van der Waals surface area contributed by atoms with Crippen molar-refractivity contribution in [2.75, 3.05) is 0 Å². The molecule has 2 aromatic carbocycles. The van der Waals surface area contributed by atoms with Crippen LogP contribution in [0.25, 0.3) is 0 Å². The first-order chi connectivity index (χ1) is 10.5. The van der Waals surface area contributed by atoms with Crippen LogP contribution >= 0.6 is 24.4 Å². The Morgan fingerprint density at radius 3 is 1.39 bits per heavy atom. The second-order valence-corrected chi connectivity index (χ2v) is 5.23. The Morgan fingerprint density at radius 1 is 0.826 bits per heavy atom. The Kier molecular flexibility index (Phi) is 11.6. The predicted molar refractivity (Wildman–Crippen MR) is 104 cm³/mol. The average Bonchev–Trinajstić information content (AvgIpc) is 2.48. The van der Waals surface area contributed by atoms with Crippen LogP contribution in [0.2, 0.25) is 0 Å². The molecule has 7 heteroatoms. The van der Waals surface area contributed by atoms with Gasteiger partial charge in [0.2, 0.25) is 0 Å². The maximum absolute atomic E-state index is 9.59. The monoisotopic (exact) mass is 358 g/mol. The van der Waals surface area contributed by atoms with Gasteiger partial charge in [-0.25, -0.2) is 0 Å². The molecule has 2 aromatic rings. The summed E-state index contributed by atoms with van der Waals surface area (Å²) in [5.41, 5.74) is 6.66. The van der Waals surface area contributed by atoms with Crippen LogP contribution in [0, 0.1) is 0 Å². The minimum atomic E-state index is -0.500. The van der Waals surface area contributed by atoms with Gasteiger partial charge in [0.1, 0.15) is 0 Å². The van der Waals surface area contributed by atoms with Gasteiger partial charge in [0, 0.05) is 13.1 Å². The first-order valence-corrected chi connectivity index (χ1v) is 7.35. The normalized spacial score (nSPS) is 8.87. The van der Waals surface area contributed by atoms with E-state index < -0.39 is 5.17 Å². The van der Waals surface area contributed by atoms with E-state index >= 15 is 0 Å². The number of thiocarbonyl (C=S) groups is 2. The van der Waals surface area contributed by atoms with Crippen molar-refractivity contribution in [1.29, 1.82) is 0 Å². The molecule has 0 atom stereocenters. The number of rotatable bonds is 4. The van der Waals surface area contributed by atoms with E-state index in [0.717, 1.165) is 11.1 Å². The van der Waals surface area contributed by atoms with Crippen LogP contribution in [0.15, 0.2) is 60.7 Å². The van der Waals surface area contributed by atoms with Crippen molar-refractivity contribution < 1.29 is 10.2 Å². The van der Waals surface area contributed by atoms with Crippen molar-refractivity contribution in [3.63, 3.8) is 0 Å². The zero-order chi connectivity index (χ0) is 16.4. The van der Waals surface area contributed by atoms with Gasteiger partial charge in [-0.15, -0.1) is 0 Å². The third kappa shape index (κ3) is 10.3. The van der Waals surface area contributed by atoms with Crippen LogP contribution in [0.1, 0.15) is 11.1 Å². The Balaban J connectivity index is 0.000000871. The quantitative estimate of drug-likeness (QED) is 0.577. The predicted octanol–water partition coefficient (Wildman–Crippen LogP) is 2.67. The van der Waals surface area contributed by atoms with Crippen molar-refractivity contribution >= 4 is 64.3 Å². The van der Waals surface area contributed by atoms with Gasteiger partial charge < -0.3 is 20.8 Å². The molecule has 0 heterocycles. The van der Waals surface area contributed by atoms with Gasteiger partial charge in [0.25, 0.3) is 10.3 Å². The van der Waals surface area contributed by atoms with E-state index in [1.54, 1.807) is 4.90 Å². The molecule has 4 N–H and O–H groups in total. The summed E-state index contributed by atoms with van der Waals surface area (Å²) in [6.07, 6.45) is 0. The Labute approximate surface area is 169 Å². The van der Waals surface area contributed by atoms with Crippen LogP contribution in [0.5, 0.6) is 0 Å². The van der Waals surface area contributed by atoms with Gasteiger partial charge in [-0.05, 0) is 35.6 Å². The summed E-state index contributed by atoms with van der Waals surface area (Å²) < 4.78 is 0. The summed E-state index contributed by atoms with van der Waals surface area (Å²) in [5.74, 6) is 0. The summed E-state index contributed by atoms with van der Waals surface area (Å²) in [5, 5.41) is 16.6. The fourth-order valence-corrected chi connectivity index (χ4v) is 1.93. The molecule has 0 saturated carbocycles. The molecule has 23 heavy (non-hydrogen) atoms. The molecule has 0 amide bonds. The first kappa shape index (κ1) is 21.8. The zero-order valence-electron chi connectivity index (χ0n) is 11.9. The second-order valence-electron chi connectivity index (χ2n) is 4.45. The summed E-state index contributed by atoms with van der Waals surface area (Å²) >= 11 is 8.77. The summed E-state index contributed by atoms with van der Waals surface area (Å²) in [7, 11) is 0. The molecule has 0 aliphatic carbocycles. The van der Waals surface area contributed by atoms with Crippen molar-refractivity contribution in [1.82, 2.24) is 4.90 Å². The molecule has 4 nitrogen and oxygen atoms in total. The summed E-state index contributed by atoms with van der Waals surface area (Å²) in [6.45, 7) is 1.23. The van der Waals surface area contributed by atoms with Gasteiger partial charge in [0.15, 0.2) is 0 Å². The van der Waals surface area contributed by atoms with Crippen LogP contribution in [-0.4, -0.2) is 55.0 Å². The number of aliphatic hydroxyl groups is 2. The molecule has 0 unspecified atom stereocenters. The topological polar surface area (TPSA) is 69.7 Å². The number of aliphatic hydroxyl groups excluding tert-OH is 2. The number of nitrogens with zero attached hydrogens (tertiary/aromatic N) is 1. The van der Waals surface area contributed by atoms with Crippen molar-refractivity contribution in [2.45, 2.75) is 13.1 Å².